The van der Waals surface area contributed by atoms with Crippen LogP contribution >= 0.6 is 0 Å². The molecule has 0 aliphatic heterocycles. The molecule has 3 aromatic rings. The lowest BCUT2D eigenvalue weighted by Crippen LogP contribution is -2.15. The minimum Gasteiger partial charge on any atom is -0.319 e. The number of hydrogen-bond donors (Lipinski definition) is 1. The lowest BCUT2D eigenvalue weighted by molar-refractivity contribution is 0.102. The standard InChI is InChI=1S/C21H25N5O/c1-25-15-19(20(24-25)17-10-6-3-7-11-17)21(27)23-18-12-22-26(14-18)13-16-8-4-2-5-9-16/h2,4-5,8-9,12,14-15,17H,3,6-7,10-11,13H2,1H3,(H,23,27). The summed E-state index contributed by atoms with van der Waals surface area (Å²) in [6.07, 6.45) is 11.3. The zero-order chi connectivity index (χ0) is 18.6. The molecular weight excluding hydrogens is 338 g/mol. The molecule has 0 spiro atoms. The van der Waals surface area contributed by atoms with E-state index in [1.165, 1.54) is 24.8 Å². The zero-order valence-electron chi connectivity index (χ0n) is 15.6. The molecule has 1 aliphatic rings. The highest BCUT2D eigenvalue weighted by Gasteiger charge is 2.25. The van der Waals surface area contributed by atoms with Crippen molar-refractivity contribution >= 4 is 11.6 Å². The predicted molar refractivity (Wildman–Crippen MR) is 105 cm³/mol. The molecule has 6 nitrogen and oxygen atoms in total. The van der Waals surface area contributed by atoms with Crippen LogP contribution in [0, 0.1) is 0 Å². The fourth-order valence-electron chi connectivity index (χ4n) is 3.84. The van der Waals surface area contributed by atoms with Gasteiger partial charge in [-0.2, -0.15) is 10.2 Å². The highest BCUT2D eigenvalue weighted by atomic mass is 16.1. The number of nitrogens with zero attached hydrogens (tertiary/aromatic N) is 4. The van der Waals surface area contributed by atoms with Crippen molar-refractivity contribution in [1.82, 2.24) is 19.6 Å². The van der Waals surface area contributed by atoms with E-state index < -0.39 is 0 Å². The summed E-state index contributed by atoms with van der Waals surface area (Å²) >= 11 is 0. The maximum Gasteiger partial charge on any atom is 0.259 e. The summed E-state index contributed by atoms with van der Waals surface area (Å²) < 4.78 is 3.58. The van der Waals surface area contributed by atoms with Crippen molar-refractivity contribution < 1.29 is 4.79 Å². The Balaban J connectivity index is 1.47. The van der Waals surface area contributed by atoms with Crippen LogP contribution in [-0.4, -0.2) is 25.5 Å². The van der Waals surface area contributed by atoms with E-state index in [4.69, 9.17) is 0 Å². The molecule has 6 heteroatoms. The van der Waals surface area contributed by atoms with Crippen LogP contribution in [0.1, 0.15) is 59.6 Å². The number of aromatic nitrogens is 4. The smallest absolute Gasteiger partial charge is 0.259 e. The first kappa shape index (κ1) is 17.5. The average molecular weight is 363 g/mol. The highest BCUT2D eigenvalue weighted by molar-refractivity contribution is 6.04. The largest absolute Gasteiger partial charge is 0.319 e. The van der Waals surface area contributed by atoms with Gasteiger partial charge in [0, 0.05) is 25.4 Å². The third-order valence-corrected chi connectivity index (χ3v) is 5.17. The van der Waals surface area contributed by atoms with Crippen LogP contribution in [0.5, 0.6) is 0 Å². The van der Waals surface area contributed by atoms with Crippen molar-refractivity contribution in [2.75, 3.05) is 5.32 Å². The van der Waals surface area contributed by atoms with Crippen LogP contribution in [-0.2, 0) is 13.6 Å². The lowest BCUT2D eigenvalue weighted by atomic mass is 9.85. The van der Waals surface area contributed by atoms with Crippen molar-refractivity contribution in [2.24, 2.45) is 7.05 Å². The molecule has 0 atom stereocenters. The molecule has 4 rings (SSSR count). The van der Waals surface area contributed by atoms with Gasteiger partial charge in [0.2, 0.25) is 0 Å². The molecule has 1 aliphatic carbocycles. The van der Waals surface area contributed by atoms with Crippen LogP contribution in [0.2, 0.25) is 0 Å². The summed E-state index contributed by atoms with van der Waals surface area (Å²) in [6, 6.07) is 10.1. The molecule has 1 aromatic carbocycles. The van der Waals surface area contributed by atoms with E-state index in [1.54, 1.807) is 10.9 Å². The summed E-state index contributed by atoms with van der Waals surface area (Å²) in [6.45, 7) is 0.678. The molecule has 27 heavy (non-hydrogen) atoms. The van der Waals surface area contributed by atoms with E-state index in [9.17, 15) is 4.79 Å². The number of carbonyl (C=O) groups excluding carboxylic acids is 1. The van der Waals surface area contributed by atoms with Gasteiger partial charge < -0.3 is 5.32 Å². The Morgan fingerprint density at radius 3 is 2.70 bits per heavy atom. The molecule has 0 saturated heterocycles. The Morgan fingerprint density at radius 2 is 1.93 bits per heavy atom. The number of benzene rings is 1. The number of aryl methyl sites for hydroxylation is 1. The SMILES string of the molecule is Cn1cc(C(=O)Nc2cnn(Cc3ccccc3)c2)c(C2CCCCC2)n1. The number of anilines is 1. The quantitative estimate of drug-likeness (QED) is 0.746. The van der Waals surface area contributed by atoms with E-state index in [0.29, 0.717) is 23.7 Å². The van der Waals surface area contributed by atoms with E-state index in [2.05, 4.69) is 27.6 Å². The van der Waals surface area contributed by atoms with Crippen LogP contribution in [0.3, 0.4) is 0 Å². The average Bonchev–Trinajstić information content (AvgIpc) is 3.29. The third-order valence-electron chi connectivity index (χ3n) is 5.17. The van der Waals surface area contributed by atoms with E-state index >= 15 is 0 Å². The third kappa shape index (κ3) is 4.10. The minimum absolute atomic E-state index is 0.108. The van der Waals surface area contributed by atoms with Crippen molar-refractivity contribution in [1.29, 1.82) is 0 Å². The minimum atomic E-state index is -0.108. The molecule has 2 aromatic heterocycles. The second-order valence-corrected chi connectivity index (χ2v) is 7.30. The molecule has 2 heterocycles. The zero-order valence-corrected chi connectivity index (χ0v) is 15.6. The molecule has 1 amide bonds. The summed E-state index contributed by atoms with van der Waals surface area (Å²) in [7, 11) is 1.88. The van der Waals surface area contributed by atoms with E-state index in [-0.39, 0.29) is 5.91 Å². The summed E-state index contributed by atoms with van der Waals surface area (Å²) in [5.74, 6) is 0.282. The summed E-state index contributed by atoms with van der Waals surface area (Å²) in [5, 5.41) is 11.9. The van der Waals surface area contributed by atoms with Crippen LogP contribution < -0.4 is 5.32 Å². The molecular formula is C21H25N5O. The lowest BCUT2D eigenvalue weighted by Gasteiger charge is -2.20. The topological polar surface area (TPSA) is 64.7 Å². The molecule has 1 N–H and O–H groups in total. The molecule has 0 unspecified atom stereocenters. The molecule has 0 bridgehead atoms. The van der Waals surface area contributed by atoms with Crippen molar-refractivity contribution in [2.45, 2.75) is 44.6 Å². The van der Waals surface area contributed by atoms with Crippen LogP contribution in [0.4, 0.5) is 5.69 Å². The van der Waals surface area contributed by atoms with E-state index in [1.807, 2.05) is 42.3 Å². The Kier molecular flexibility index (Phi) is 5.05. The number of rotatable bonds is 5. The van der Waals surface area contributed by atoms with E-state index in [0.717, 1.165) is 18.5 Å². The predicted octanol–water partition coefficient (Wildman–Crippen LogP) is 3.96. The Labute approximate surface area is 159 Å². The summed E-state index contributed by atoms with van der Waals surface area (Å²) in [5.41, 5.74) is 3.49. The van der Waals surface area contributed by atoms with Gasteiger partial charge in [-0.05, 0) is 18.4 Å². The van der Waals surface area contributed by atoms with Gasteiger partial charge in [-0.25, -0.2) is 0 Å². The van der Waals surface area contributed by atoms with Crippen LogP contribution in [0.25, 0.3) is 0 Å². The van der Waals surface area contributed by atoms with Gasteiger partial charge >= 0.3 is 0 Å². The first-order valence-electron chi connectivity index (χ1n) is 9.60. The van der Waals surface area contributed by atoms with Gasteiger partial charge in [0.25, 0.3) is 5.91 Å². The first-order valence-corrected chi connectivity index (χ1v) is 9.60. The van der Waals surface area contributed by atoms with Gasteiger partial charge in [-0.15, -0.1) is 0 Å². The molecule has 0 radical (unpaired) electrons. The normalized spacial score (nSPS) is 15.0. The fourth-order valence-corrected chi connectivity index (χ4v) is 3.84. The Hall–Kier alpha value is -2.89. The molecule has 1 saturated carbocycles. The number of amides is 1. The maximum atomic E-state index is 12.9. The molecule has 1 fully saturated rings. The maximum absolute atomic E-state index is 12.9. The second-order valence-electron chi connectivity index (χ2n) is 7.30. The Morgan fingerprint density at radius 1 is 1.15 bits per heavy atom. The van der Waals surface area contributed by atoms with Crippen molar-refractivity contribution in [3.05, 3.63) is 65.7 Å². The van der Waals surface area contributed by atoms with Gasteiger partial charge in [-0.3, -0.25) is 14.2 Å². The van der Waals surface area contributed by atoms with Crippen LogP contribution in [0.15, 0.2) is 48.9 Å². The monoisotopic (exact) mass is 363 g/mol. The number of hydrogen-bond acceptors (Lipinski definition) is 3. The molecule has 140 valence electrons. The van der Waals surface area contributed by atoms with Crippen molar-refractivity contribution in [3.8, 4) is 0 Å². The van der Waals surface area contributed by atoms with Gasteiger partial charge in [-0.1, -0.05) is 49.6 Å². The van der Waals surface area contributed by atoms with Gasteiger partial charge in [0.05, 0.1) is 29.7 Å². The number of nitrogens with one attached hydrogen (secondary N) is 1. The second kappa shape index (κ2) is 7.78. The summed E-state index contributed by atoms with van der Waals surface area (Å²) in [4.78, 5) is 12.9. The number of carbonyl (C=O) groups is 1. The van der Waals surface area contributed by atoms with Gasteiger partial charge in [0.1, 0.15) is 0 Å². The first-order chi connectivity index (χ1) is 13.2. The van der Waals surface area contributed by atoms with Crippen molar-refractivity contribution in [3.63, 3.8) is 0 Å². The van der Waals surface area contributed by atoms with Gasteiger partial charge in [0.15, 0.2) is 0 Å². The fraction of sp³-hybridized carbons (Fsp3) is 0.381. The highest BCUT2D eigenvalue weighted by Crippen LogP contribution is 2.33. The Bertz CT molecular complexity index is 906.